The quantitative estimate of drug-likeness (QED) is 0.857. The first-order valence-corrected chi connectivity index (χ1v) is 9.11. The fourth-order valence-electron chi connectivity index (χ4n) is 4.18. The molecule has 1 heterocycles. The lowest BCUT2D eigenvalue weighted by Gasteiger charge is -2.24. The minimum Gasteiger partial charge on any atom is -0.482 e. The van der Waals surface area contributed by atoms with Gasteiger partial charge < -0.3 is 14.9 Å². The molecule has 1 aromatic carbocycles. The third-order valence-electron chi connectivity index (χ3n) is 5.47. The smallest absolute Gasteiger partial charge is 0.341 e. The van der Waals surface area contributed by atoms with Crippen LogP contribution in [-0.2, 0) is 16.8 Å². The first-order valence-electron chi connectivity index (χ1n) is 9.11. The van der Waals surface area contributed by atoms with Crippen LogP contribution < -0.4 is 4.74 Å². The third-order valence-corrected chi connectivity index (χ3v) is 5.47. The van der Waals surface area contributed by atoms with E-state index in [4.69, 9.17) is 9.84 Å². The summed E-state index contributed by atoms with van der Waals surface area (Å²) >= 11 is 0. The fraction of sp³-hybridized carbons (Fsp3) is 0.650. The van der Waals surface area contributed by atoms with Crippen molar-refractivity contribution >= 4 is 5.97 Å². The van der Waals surface area contributed by atoms with E-state index < -0.39 is 5.97 Å². The lowest BCUT2D eigenvalue weighted by atomic mass is 9.86. The normalized spacial score (nSPS) is 26.6. The predicted molar refractivity (Wildman–Crippen MR) is 95.8 cm³/mol. The summed E-state index contributed by atoms with van der Waals surface area (Å²) in [6, 6.07) is 6.08. The van der Waals surface area contributed by atoms with Gasteiger partial charge in [-0.05, 0) is 41.7 Å². The molecule has 2 aliphatic rings. The largest absolute Gasteiger partial charge is 0.482 e. The second-order valence-corrected chi connectivity index (χ2v) is 8.59. The highest BCUT2D eigenvalue weighted by molar-refractivity contribution is 5.68. The zero-order chi connectivity index (χ0) is 18.2. The van der Waals surface area contributed by atoms with E-state index in [9.17, 15) is 9.90 Å². The van der Waals surface area contributed by atoms with Crippen LogP contribution in [0.15, 0.2) is 18.2 Å². The SMILES string of the molecule is CC(C)(C)c1ccc(OCC(=O)O)c(CN2C[C@H]3CC(O)C[C@H]3C2)c1. The molecular weight excluding hydrogens is 318 g/mol. The molecule has 1 saturated carbocycles. The van der Waals surface area contributed by atoms with Crippen LogP contribution in [0.5, 0.6) is 5.75 Å². The van der Waals surface area contributed by atoms with Gasteiger partial charge in [-0.15, -0.1) is 0 Å². The topological polar surface area (TPSA) is 70.0 Å². The van der Waals surface area contributed by atoms with Crippen LogP contribution in [0, 0.1) is 11.8 Å². The molecule has 3 atom stereocenters. The van der Waals surface area contributed by atoms with Gasteiger partial charge in [0, 0.05) is 25.2 Å². The molecular formula is C20H29NO4. The van der Waals surface area contributed by atoms with Crippen LogP contribution in [0.3, 0.4) is 0 Å². The average molecular weight is 347 g/mol. The monoisotopic (exact) mass is 347 g/mol. The molecule has 1 aliphatic heterocycles. The predicted octanol–water partition coefficient (Wildman–Crippen LogP) is 2.65. The van der Waals surface area contributed by atoms with Crippen molar-refractivity contribution in [1.82, 2.24) is 4.90 Å². The molecule has 138 valence electrons. The van der Waals surface area contributed by atoms with Crippen molar-refractivity contribution < 1.29 is 19.7 Å². The number of aliphatic carboxylic acids is 1. The van der Waals surface area contributed by atoms with Gasteiger partial charge in [-0.2, -0.15) is 0 Å². The summed E-state index contributed by atoms with van der Waals surface area (Å²) in [6.45, 7) is 8.96. The Hall–Kier alpha value is -1.59. The van der Waals surface area contributed by atoms with Crippen molar-refractivity contribution in [3.63, 3.8) is 0 Å². The van der Waals surface area contributed by atoms with Gasteiger partial charge in [0.05, 0.1) is 6.10 Å². The molecule has 1 saturated heterocycles. The Morgan fingerprint density at radius 3 is 2.44 bits per heavy atom. The van der Waals surface area contributed by atoms with Crippen LogP contribution in [0.2, 0.25) is 0 Å². The molecule has 2 N–H and O–H groups in total. The zero-order valence-corrected chi connectivity index (χ0v) is 15.4. The number of carboxylic acid groups (broad SMARTS) is 1. The number of aliphatic hydroxyl groups excluding tert-OH is 1. The van der Waals surface area contributed by atoms with E-state index in [1.54, 1.807) is 0 Å². The summed E-state index contributed by atoms with van der Waals surface area (Å²) in [5.74, 6) is 0.872. The minimum atomic E-state index is -0.962. The van der Waals surface area contributed by atoms with E-state index >= 15 is 0 Å². The van der Waals surface area contributed by atoms with Gasteiger partial charge in [-0.25, -0.2) is 4.79 Å². The standard InChI is InChI=1S/C20H29NO4/c1-20(2,3)16-4-5-18(25-12-19(23)24)15(6-16)11-21-9-13-7-17(22)8-14(13)10-21/h4-6,13-14,17,22H,7-12H2,1-3H3,(H,23,24)/t13-,14+,17?. The van der Waals surface area contributed by atoms with Gasteiger partial charge in [0.25, 0.3) is 0 Å². The Kier molecular flexibility index (Phi) is 5.07. The van der Waals surface area contributed by atoms with Crippen molar-refractivity contribution in [3.8, 4) is 5.75 Å². The number of nitrogens with zero attached hydrogens (tertiary/aromatic N) is 1. The van der Waals surface area contributed by atoms with E-state index in [0.29, 0.717) is 17.6 Å². The van der Waals surface area contributed by atoms with Crippen LogP contribution in [0.1, 0.15) is 44.7 Å². The molecule has 1 unspecified atom stereocenters. The van der Waals surface area contributed by atoms with Gasteiger partial charge in [-0.3, -0.25) is 4.90 Å². The Balaban J connectivity index is 1.76. The van der Waals surface area contributed by atoms with Crippen LogP contribution >= 0.6 is 0 Å². The number of ether oxygens (including phenoxy) is 1. The highest BCUT2D eigenvalue weighted by Crippen LogP contribution is 2.39. The highest BCUT2D eigenvalue weighted by atomic mass is 16.5. The first-order chi connectivity index (χ1) is 11.7. The van der Waals surface area contributed by atoms with Gasteiger partial charge in [0.15, 0.2) is 6.61 Å². The maximum absolute atomic E-state index is 10.9. The van der Waals surface area contributed by atoms with E-state index in [1.165, 1.54) is 5.56 Å². The average Bonchev–Trinajstić information content (AvgIpc) is 3.01. The number of rotatable bonds is 5. The number of hydrogen-bond acceptors (Lipinski definition) is 4. The number of benzene rings is 1. The fourth-order valence-corrected chi connectivity index (χ4v) is 4.18. The molecule has 0 spiro atoms. The number of carbonyl (C=O) groups is 1. The number of likely N-dealkylation sites (tertiary alicyclic amines) is 1. The molecule has 0 bridgehead atoms. The summed E-state index contributed by atoms with van der Waals surface area (Å²) in [6.07, 6.45) is 1.69. The van der Waals surface area contributed by atoms with E-state index in [1.807, 2.05) is 12.1 Å². The van der Waals surface area contributed by atoms with Gasteiger partial charge >= 0.3 is 5.97 Å². The Morgan fingerprint density at radius 1 is 1.24 bits per heavy atom. The van der Waals surface area contributed by atoms with Crippen molar-refractivity contribution in [1.29, 1.82) is 0 Å². The summed E-state index contributed by atoms with van der Waals surface area (Å²) in [5, 5.41) is 18.7. The molecule has 25 heavy (non-hydrogen) atoms. The van der Waals surface area contributed by atoms with E-state index in [2.05, 4.69) is 31.7 Å². The molecule has 0 radical (unpaired) electrons. The number of carboxylic acids is 1. The molecule has 1 aromatic rings. The summed E-state index contributed by atoms with van der Waals surface area (Å²) in [4.78, 5) is 13.3. The molecule has 5 heteroatoms. The third kappa shape index (κ3) is 4.33. The van der Waals surface area contributed by atoms with Crippen LogP contribution in [-0.4, -0.2) is 46.9 Å². The molecule has 0 amide bonds. The Bertz CT molecular complexity index is 623. The van der Waals surface area contributed by atoms with Gasteiger partial charge in [0.1, 0.15) is 5.75 Å². The van der Waals surface area contributed by atoms with Crippen molar-refractivity contribution in [2.45, 2.75) is 51.7 Å². The molecule has 0 aromatic heterocycles. The maximum Gasteiger partial charge on any atom is 0.341 e. The number of aliphatic hydroxyl groups is 1. The summed E-state index contributed by atoms with van der Waals surface area (Å²) < 4.78 is 5.52. The Labute approximate surface area is 149 Å². The molecule has 2 fully saturated rings. The second kappa shape index (κ2) is 6.96. The minimum absolute atomic E-state index is 0.0334. The van der Waals surface area contributed by atoms with Crippen molar-refractivity contribution in [3.05, 3.63) is 29.3 Å². The van der Waals surface area contributed by atoms with Crippen LogP contribution in [0.25, 0.3) is 0 Å². The van der Waals surface area contributed by atoms with Crippen molar-refractivity contribution in [2.24, 2.45) is 11.8 Å². The number of hydrogen-bond donors (Lipinski definition) is 2. The zero-order valence-electron chi connectivity index (χ0n) is 15.4. The molecule has 5 nitrogen and oxygen atoms in total. The number of fused-ring (bicyclic) bond motifs is 1. The van der Waals surface area contributed by atoms with Gasteiger partial charge in [-0.1, -0.05) is 32.9 Å². The van der Waals surface area contributed by atoms with E-state index in [-0.39, 0.29) is 18.1 Å². The van der Waals surface area contributed by atoms with Crippen molar-refractivity contribution in [2.75, 3.05) is 19.7 Å². The van der Waals surface area contributed by atoms with Gasteiger partial charge in [0.2, 0.25) is 0 Å². The van der Waals surface area contributed by atoms with Crippen LogP contribution in [0.4, 0.5) is 0 Å². The van der Waals surface area contributed by atoms with E-state index in [0.717, 1.165) is 38.0 Å². The molecule has 1 aliphatic carbocycles. The Morgan fingerprint density at radius 2 is 1.88 bits per heavy atom. The molecule has 3 rings (SSSR count). The summed E-state index contributed by atoms with van der Waals surface area (Å²) in [7, 11) is 0. The first kappa shape index (κ1) is 18.2. The second-order valence-electron chi connectivity index (χ2n) is 8.59. The lowest BCUT2D eigenvalue weighted by molar-refractivity contribution is -0.139. The maximum atomic E-state index is 10.9. The highest BCUT2D eigenvalue weighted by Gasteiger charge is 2.40. The lowest BCUT2D eigenvalue weighted by Crippen LogP contribution is -2.24. The summed E-state index contributed by atoms with van der Waals surface area (Å²) in [5.41, 5.74) is 2.31.